The van der Waals surface area contributed by atoms with Gasteiger partial charge in [0.05, 0.1) is 0 Å². The molecule has 0 atom stereocenters. The summed E-state index contributed by atoms with van der Waals surface area (Å²) in [5.41, 5.74) is 9.42. The summed E-state index contributed by atoms with van der Waals surface area (Å²) >= 11 is 0. The second-order valence-corrected chi connectivity index (χ2v) is 5.09. The second kappa shape index (κ2) is 7.65. The first-order valence-corrected chi connectivity index (χ1v) is 7.24. The Balaban J connectivity index is 1.95. The Morgan fingerprint density at radius 1 is 1.10 bits per heavy atom. The van der Waals surface area contributed by atoms with Crippen LogP contribution >= 0.6 is 0 Å². The zero-order valence-electron chi connectivity index (χ0n) is 12.1. The van der Waals surface area contributed by atoms with Crippen molar-refractivity contribution in [1.29, 1.82) is 0 Å². The van der Waals surface area contributed by atoms with Gasteiger partial charge in [0.2, 0.25) is 0 Å². The lowest BCUT2D eigenvalue weighted by molar-refractivity contribution is 0.269. The summed E-state index contributed by atoms with van der Waals surface area (Å²) < 4.78 is 0. The van der Waals surface area contributed by atoms with E-state index < -0.39 is 0 Å². The highest BCUT2D eigenvalue weighted by atomic mass is 15.1. The van der Waals surface area contributed by atoms with Crippen LogP contribution in [0.1, 0.15) is 24.5 Å². The van der Waals surface area contributed by atoms with Gasteiger partial charge in [-0.2, -0.15) is 0 Å². The van der Waals surface area contributed by atoms with Crippen LogP contribution in [0.5, 0.6) is 0 Å². The van der Waals surface area contributed by atoms with Crippen molar-refractivity contribution in [1.82, 2.24) is 9.88 Å². The predicted molar refractivity (Wildman–Crippen MR) is 84.4 cm³/mol. The van der Waals surface area contributed by atoms with Gasteiger partial charge in [-0.25, -0.2) is 0 Å². The first-order valence-electron chi connectivity index (χ1n) is 7.24. The monoisotopic (exact) mass is 269 g/mol. The molecule has 0 aliphatic carbocycles. The number of benzene rings is 1. The third kappa shape index (κ3) is 4.35. The number of nitrogen functional groups attached to an aromatic ring is 1. The number of pyridine rings is 1. The molecule has 0 saturated heterocycles. The minimum atomic E-state index is 0.884. The van der Waals surface area contributed by atoms with Gasteiger partial charge in [0.1, 0.15) is 0 Å². The van der Waals surface area contributed by atoms with E-state index in [9.17, 15) is 0 Å². The normalized spacial score (nSPS) is 10.9. The fourth-order valence-corrected chi connectivity index (χ4v) is 2.34. The van der Waals surface area contributed by atoms with Gasteiger partial charge >= 0.3 is 0 Å². The SMILES string of the molecule is CCCN(CCc1cccnc1)Cc1ccccc1N. The summed E-state index contributed by atoms with van der Waals surface area (Å²) in [6, 6.07) is 12.3. The number of nitrogens with zero attached hydrogens (tertiary/aromatic N) is 2. The molecular formula is C17H23N3. The molecule has 0 fully saturated rings. The standard InChI is InChI=1S/C17H23N3/c1-2-11-20(12-9-15-6-5-10-19-13-15)14-16-7-3-4-8-17(16)18/h3-8,10,13H,2,9,11-12,14,18H2,1H3. The van der Waals surface area contributed by atoms with E-state index in [0.717, 1.165) is 38.2 Å². The number of nitrogens with two attached hydrogens (primary N) is 1. The van der Waals surface area contributed by atoms with E-state index in [-0.39, 0.29) is 0 Å². The lowest BCUT2D eigenvalue weighted by Gasteiger charge is -2.22. The molecule has 0 aliphatic heterocycles. The average molecular weight is 269 g/mol. The first-order chi connectivity index (χ1) is 9.79. The van der Waals surface area contributed by atoms with Crippen LogP contribution in [-0.2, 0) is 13.0 Å². The van der Waals surface area contributed by atoms with Crippen molar-refractivity contribution >= 4 is 5.69 Å². The summed E-state index contributed by atoms with van der Waals surface area (Å²) in [7, 11) is 0. The minimum absolute atomic E-state index is 0.884. The third-order valence-corrected chi connectivity index (χ3v) is 3.43. The van der Waals surface area contributed by atoms with Gasteiger partial charge in [-0.3, -0.25) is 9.88 Å². The molecule has 0 aliphatic rings. The van der Waals surface area contributed by atoms with Gasteiger partial charge in [0, 0.05) is 31.2 Å². The summed E-state index contributed by atoms with van der Waals surface area (Å²) in [5, 5.41) is 0. The van der Waals surface area contributed by atoms with Gasteiger partial charge in [-0.1, -0.05) is 31.2 Å². The summed E-state index contributed by atoms with van der Waals surface area (Å²) in [6.07, 6.45) is 5.94. The van der Waals surface area contributed by atoms with Crippen LogP contribution in [-0.4, -0.2) is 23.0 Å². The Hall–Kier alpha value is -1.87. The van der Waals surface area contributed by atoms with E-state index in [1.54, 1.807) is 0 Å². The number of hydrogen-bond acceptors (Lipinski definition) is 3. The molecule has 0 unspecified atom stereocenters. The Morgan fingerprint density at radius 3 is 2.65 bits per heavy atom. The van der Waals surface area contributed by atoms with E-state index in [4.69, 9.17) is 5.73 Å². The number of para-hydroxylation sites is 1. The Bertz CT molecular complexity index is 511. The molecule has 106 valence electrons. The lowest BCUT2D eigenvalue weighted by Crippen LogP contribution is -2.27. The van der Waals surface area contributed by atoms with Crippen molar-refractivity contribution in [3.8, 4) is 0 Å². The molecule has 0 amide bonds. The van der Waals surface area contributed by atoms with Gasteiger partial charge in [0.15, 0.2) is 0 Å². The van der Waals surface area contributed by atoms with E-state index >= 15 is 0 Å². The molecule has 1 aromatic carbocycles. The van der Waals surface area contributed by atoms with Crippen LogP contribution in [0.3, 0.4) is 0 Å². The van der Waals surface area contributed by atoms with Gasteiger partial charge in [-0.05, 0) is 42.6 Å². The van der Waals surface area contributed by atoms with E-state index in [2.05, 4.69) is 35.0 Å². The minimum Gasteiger partial charge on any atom is -0.398 e. The molecule has 3 nitrogen and oxygen atoms in total. The van der Waals surface area contributed by atoms with Crippen molar-refractivity contribution in [2.45, 2.75) is 26.3 Å². The maximum Gasteiger partial charge on any atom is 0.0359 e. The molecule has 2 aromatic rings. The quantitative estimate of drug-likeness (QED) is 0.785. The van der Waals surface area contributed by atoms with E-state index in [0.29, 0.717) is 0 Å². The lowest BCUT2D eigenvalue weighted by atomic mass is 10.1. The van der Waals surface area contributed by atoms with Crippen molar-refractivity contribution in [3.63, 3.8) is 0 Å². The molecule has 20 heavy (non-hydrogen) atoms. The van der Waals surface area contributed by atoms with Crippen LogP contribution in [0.25, 0.3) is 0 Å². The number of anilines is 1. The first kappa shape index (κ1) is 14.5. The summed E-state index contributed by atoms with van der Waals surface area (Å²) in [5.74, 6) is 0. The summed E-state index contributed by atoms with van der Waals surface area (Å²) in [4.78, 5) is 6.63. The highest BCUT2D eigenvalue weighted by Crippen LogP contribution is 2.14. The highest BCUT2D eigenvalue weighted by molar-refractivity contribution is 5.46. The second-order valence-electron chi connectivity index (χ2n) is 5.09. The van der Waals surface area contributed by atoms with Crippen LogP contribution < -0.4 is 5.73 Å². The molecule has 0 bridgehead atoms. The predicted octanol–water partition coefficient (Wildman–Crippen LogP) is 3.12. The fraction of sp³-hybridized carbons (Fsp3) is 0.353. The van der Waals surface area contributed by atoms with Crippen LogP contribution in [0.2, 0.25) is 0 Å². The molecule has 2 rings (SSSR count). The zero-order valence-corrected chi connectivity index (χ0v) is 12.1. The fourth-order valence-electron chi connectivity index (χ4n) is 2.34. The van der Waals surface area contributed by atoms with E-state index in [1.165, 1.54) is 11.1 Å². The van der Waals surface area contributed by atoms with Gasteiger partial charge in [-0.15, -0.1) is 0 Å². The third-order valence-electron chi connectivity index (χ3n) is 3.43. The van der Waals surface area contributed by atoms with Crippen LogP contribution in [0.15, 0.2) is 48.8 Å². The van der Waals surface area contributed by atoms with Crippen molar-refractivity contribution in [2.75, 3.05) is 18.8 Å². The molecule has 0 saturated carbocycles. The maximum atomic E-state index is 6.04. The van der Waals surface area contributed by atoms with Crippen LogP contribution in [0, 0.1) is 0 Å². The maximum absolute atomic E-state index is 6.04. The number of hydrogen-bond donors (Lipinski definition) is 1. The number of aromatic nitrogens is 1. The summed E-state index contributed by atoms with van der Waals surface area (Å²) in [6.45, 7) is 5.26. The molecule has 1 aromatic heterocycles. The van der Waals surface area contributed by atoms with Gasteiger partial charge < -0.3 is 5.73 Å². The Kier molecular flexibility index (Phi) is 5.56. The molecule has 0 spiro atoms. The van der Waals surface area contributed by atoms with Crippen molar-refractivity contribution in [3.05, 3.63) is 59.9 Å². The molecular weight excluding hydrogens is 246 g/mol. The van der Waals surface area contributed by atoms with Crippen molar-refractivity contribution in [2.24, 2.45) is 0 Å². The topological polar surface area (TPSA) is 42.2 Å². The number of rotatable bonds is 7. The van der Waals surface area contributed by atoms with Gasteiger partial charge in [0.25, 0.3) is 0 Å². The molecule has 3 heteroatoms. The van der Waals surface area contributed by atoms with Crippen LogP contribution in [0.4, 0.5) is 5.69 Å². The molecule has 1 heterocycles. The van der Waals surface area contributed by atoms with E-state index in [1.807, 2.05) is 30.6 Å². The zero-order chi connectivity index (χ0) is 14.2. The van der Waals surface area contributed by atoms with Crippen molar-refractivity contribution < 1.29 is 0 Å². The Labute approximate surface area is 121 Å². The highest BCUT2D eigenvalue weighted by Gasteiger charge is 2.07. The Morgan fingerprint density at radius 2 is 1.95 bits per heavy atom. The molecule has 2 N–H and O–H groups in total. The molecule has 0 radical (unpaired) electrons. The average Bonchev–Trinajstić information content (AvgIpc) is 2.48. The smallest absolute Gasteiger partial charge is 0.0359 e. The largest absolute Gasteiger partial charge is 0.398 e.